The third-order valence-corrected chi connectivity index (χ3v) is 13.2. The Labute approximate surface area is 398 Å². The second-order valence-electron chi connectivity index (χ2n) is 20.0. The number of phosphoric ester groups is 1. The highest BCUT2D eigenvalue weighted by Gasteiger charge is 2.20. The summed E-state index contributed by atoms with van der Waals surface area (Å²) in [6, 6.07) is 0. The summed E-state index contributed by atoms with van der Waals surface area (Å²) in [4.78, 5) is 25.2. The molecule has 0 aromatic rings. The van der Waals surface area contributed by atoms with Gasteiger partial charge >= 0.3 is 5.97 Å². The van der Waals surface area contributed by atoms with E-state index < -0.39 is 13.9 Å². The van der Waals surface area contributed by atoms with Gasteiger partial charge in [-0.15, -0.1) is 0 Å². The Kier molecular flexibility index (Phi) is 47.7. The van der Waals surface area contributed by atoms with E-state index in [1.165, 1.54) is 205 Å². The van der Waals surface area contributed by atoms with Gasteiger partial charge in [0.2, 0.25) is 0 Å². The molecule has 8 nitrogen and oxygen atoms in total. The number of likely N-dealkylation sites (N-methyl/N-ethyl adjacent to an activating group) is 1. The van der Waals surface area contributed by atoms with Crippen LogP contribution in [0.4, 0.5) is 0 Å². The Balaban J connectivity index is 4.05. The second-order valence-corrected chi connectivity index (χ2v) is 21.4. The maximum absolute atomic E-state index is 12.8. The lowest BCUT2D eigenvalue weighted by Crippen LogP contribution is -2.37. The van der Waals surface area contributed by atoms with Crippen LogP contribution in [-0.4, -0.2) is 70.7 Å². The number of phosphoric acid groups is 1. The largest absolute Gasteiger partial charge is 0.756 e. The molecular weight excluding hydrogens is 818 g/mol. The maximum atomic E-state index is 12.8. The van der Waals surface area contributed by atoms with Crippen LogP contribution in [-0.2, 0) is 27.9 Å². The molecule has 0 fully saturated rings. The van der Waals surface area contributed by atoms with Gasteiger partial charge in [-0.1, -0.05) is 237 Å². The number of esters is 1. The Morgan fingerprint density at radius 1 is 0.484 bits per heavy atom. The van der Waals surface area contributed by atoms with E-state index in [-0.39, 0.29) is 25.8 Å². The van der Waals surface area contributed by atoms with Gasteiger partial charge in [0.15, 0.2) is 0 Å². The van der Waals surface area contributed by atoms with Crippen LogP contribution in [0.2, 0.25) is 0 Å². The van der Waals surface area contributed by atoms with Crippen molar-refractivity contribution in [3.63, 3.8) is 0 Å². The number of quaternary nitrogens is 1. The smallest absolute Gasteiger partial charge is 0.306 e. The third kappa shape index (κ3) is 52.0. The molecule has 0 spiro atoms. The van der Waals surface area contributed by atoms with E-state index in [1.807, 2.05) is 21.1 Å². The van der Waals surface area contributed by atoms with E-state index in [2.05, 4.69) is 38.2 Å². The number of carbonyl (C=O) groups excluding carboxylic acids is 1. The van der Waals surface area contributed by atoms with E-state index in [0.717, 1.165) is 38.5 Å². The van der Waals surface area contributed by atoms with Gasteiger partial charge in [0, 0.05) is 13.0 Å². The van der Waals surface area contributed by atoms with Crippen molar-refractivity contribution in [2.24, 2.45) is 0 Å². The summed E-state index contributed by atoms with van der Waals surface area (Å²) in [7, 11) is 1.37. The quantitative estimate of drug-likeness (QED) is 0.0197. The SMILES string of the molecule is CCCCC/C=C\C/C=C\CCCCCCCCCCOCC(COP(=O)([O-])OCC[N+](C)(C)C)OC(=O)CCCCCCCCCCCCCCCCCCCCCCCCCC. The molecule has 0 N–H and O–H groups in total. The molecule has 0 amide bonds. The fourth-order valence-corrected chi connectivity index (χ4v) is 8.72. The molecule has 64 heavy (non-hydrogen) atoms. The highest BCUT2D eigenvalue weighted by molar-refractivity contribution is 7.45. The number of hydrogen-bond acceptors (Lipinski definition) is 7. The molecule has 0 saturated heterocycles. The van der Waals surface area contributed by atoms with E-state index in [9.17, 15) is 14.3 Å². The summed E-state index contributed by atoms with van der Waals surface area (Å²) in [5, 5.41) is 0. The van der Waals surface area contributed by atoms with Gasteiger partial charge in [0.1, 0.15) is 19.3 Å². The molecule has 2 atom stereocenters. The molecular formula is C55H108NO7P. The first-order chi connectivity index (χ1) is 31.1. The first-order valence-electron chi connectivity index (χ1n) is 27.6. The van der Waals surface area contributed by atoms with Crippen molar-refractivity contribution in [3.8, 4) is 0 Å². The van der Waals surface area contributed by atoms with Gasteiger partial charge in [0.05, 0.1) is 34.4 Å². The molecule has 0 aliphatic rings. The lowest BCUT2D eigenvalue weighted by Gasteiger charge is -2.28. The van der Waals surface area contributed by atoms with Crippen molar-refractivity contribution in [1.82, 2.24) is 0 Å². The number of hydrogen-bond donors (Lipinski definition) is 0. The summed E-state index contributed by atoms with van der Waals surface area (Å²) < 4.78 is 34.8. The van der Waals surface area contributed by atoms with Crippen LogP contribution in [0.15, 0.2) is 24.3 Å². The fraction of sp³-hybridized carbons (Fsp3) is 0.909. The number of ether oxygens (including phenoxy) is 2. The lowest BCUT2D eigenvalue weighted by molar-refractivity contribution is -0.870. The molecule has 2 unspecified atom stereocenters. The van der Waals surface area contributed by atoms with Gasteiger partial charge in [-0.25, -0.2) is 0 Å². The zero-order valence-electron chi connectivity index (χ0n) is 43.3. The maximum Gasteiger partial charge on any atom is 0.306 e. The number of allylic oxidation sites excluding steroid dienone is 4. The van der Waals surface area contributed by atoms with Crippen molar-refractivity contribution >= 4 is 13.8 Å². The molecule has 0 saturated carbocycles. The van der Waals surface area contributed by atoms with Crippen LogP contribution in [0.3, 0.4) is 0 Å². The van der Waals surface area contributed by atoms with E-state index in [4.69, 9.17) is 18.5 Å². The molecule has 0 radical (unpaired) electrons. The summed E-state index contributed by atoms with van der Waals surface area (Å²) in [6.07, 6.45) is 57.8. The zero-order chi connectivity index (χ0) is 46.9. The zero-order valence-corrected chi connectivity index (χ0v) is 44.1. The Morgan fingerprint density at radius 2 is 0.859 bits per heavy atom. The summed E-state index contributed by atoms with van der Waals surface area (Å²) in [5.41, 5.74) is 0. The lowest BCUT2D eigenvalue weighted by atomic mass is 10.0. The molecule has 0 rings (SSSR count). The predicted molar refractivity (Wildman–Crippen MR) is 273 cm³/mol. The molecule has 0 aliphatic carbocycles. The van der Waals surface area contributed by atoms with Crippen LogP contribution < -0.4 is 4.89 Å². The molecule has 0 bridgehead atoms. The van der Waals surface area contributed by atoms with Crippen LogP contribution in [0.5, 0.6) is 0 Å². The highest BCUT2D eigenvalue weighted by Crippen LogP contribution is 2.38. The minimum absolute atomic E-state index is 0.0273. The normalized spacial score (nSPS) is 13.7. The number of rotatable bonds is 52. The summed E-state index contributed by atoms with van der Waals surface area (Å²) >= 11 is 0. The average Bonchev–Trinajstić information content (AvgIpc) is 3.25. The third-order valence-electron chi connectivity index (χ3n) is 12.3. The first kappa shape index (κ1) is 63.0. The fourth-order valence-electron chi connectivity index (χ4n) is 7.99. The van der Waals surface area contributed by atoms with Crippen molar-refractivity contribution in [3.05, 3.63) is 24.3 Å². The van der Waals surface area contributed by atoms with Gasteiger partial charge < -0.3 is 27.9 Å². The molecule has 0 heterocycles. The molecule has 380 valence electrons. The number of carbonyl (C=O) groups is 1. The molecule has 0 aromatic carbocycles. The number of unbranched alkanes of at least 4 members (excludes halogenated alkanes) is 34. The van der Waals surface area contributed by atoms with Crippen LogP contribution in [0.1, 0.15) is 264 Å². The first-order valence-corrected chi connectivity index (χ1v) is 29.0. The van der Waals surface area contributed by atoms with Crippen molar-refractivity contribution in [1.29, 1.82) is 0 Å². The Hall–Kier alpha value is -1.02. The predicted octanol–water partition coefficient (Wildman–Crippen LogP) is 16.5. The summed E-state index contributed by atoms with van der Waals surface area (Å²) in [5.74, 6) is -0.330. The second kappa shape index (κ2) is 48.4. The molecule has 0 aromatic heterocycles. The van der Waals surface area contributed by atoms with E-state index in [1.54, 1.807) is 0 Å². The van der Waals surface area contributed by atoms with Crippen LogP contribution >= 0.6 is 7.82 Å². The molecule has 9 heteroatoms. The van der Waals surface area contributed by atoms with E-state index in [0.29, 0.717) is 24.1 Å². The highest BCUT2D eigenvalue weighted by atomic mass is 31.2. The Bertz CT molecular complexity index is 1080. The summed E-state index contributed by atoms with van der Waals surface area (Å²) in [6.45, 7) is 5.43. The van der Waals surface area contributed by atoms with Crippen LogP contribution in [0, 0.1) is 0 Å². The van der Waals surface area contributed by atoms with Gasteiger partial charge in [-0.2, -0.15) is 0 Å². The van der Waals surface area contributed by atoms with Crippen molar-refractivity contribution in [2.75, 3.05) is 54.1 Å². The molecule has 0 aliphatic heterocycles. The van der Waals surface area contributed by atoms with Crippen molar-refractivity contribution < 1.29 is 37.3 Å². The van der Waals surface area contributed by atoms with E-state index >= 15 is 0 Å². The van der Waals surface area contributed by atoms with Gasteiger partial charge in [-0.05, 0) is 44.9 Å². The monoisotopic (exact) mass is 926 g/mol. The van der Waals surface area contributed by atoms with Crippen molar-refractivity contribution in [2.45, 2.75) is 270 Å². The standard InChI is InChI=1S/C55H108NO7P/c1-6-8-10-12-14-16-18-20-22-24-26-27-28-29-30-31-32-34-36-38-40-42-44-46-48-55(57)63-54(53-62-64(58,59)61-51-49-56(3,4)5)52-60-50-47-45-43-41-39-37-35-33-25-23-21-19-17-15-13-11-9-7-2/h15,17,21,23,54H,6-14,16,18-20,22,24-53H2,1-5H3/b17-15-,23-21-. The minimum atomic E-state index is -4.53. The Morgan fingerprint density at radius 3 is 1.30 bits per heavy atom. The average molecular weight is 926 g/mol. The minimum Gasteiger partial charge on any atom is -0.756 e. The topological polar surface area (TPSA) is 94.1 Å². The van der Waals surface area contributed by atoms with Gasteiger partial charge in [-0.3, -0.25) is 9.36 Å². The van der Waals surface area contributed by atoms with Gasteiger partial charge in [0.25, 0.3) is 7.82 Å². The van der Waals surface area contributed by atoms with Crippen LogP contribution in [0.25, 0.3) is 0 Å². The number of nitrogens with zero attached hydrogens (tertiary/aromatic N) is 1.